The Kier molecular flexibility index (Phi) is 7.09. The number of aliphatic imine (C=N–C) groups is 1. The molecule has 1 aromatic rings. The van der Waals surface area contributed by atoms with E-state index in [-0.39, 0.29) is 24.0 Å². The quantitative estimate of drug-likeness (QED) is 0.412. The van der Waals surface area contributed by atoms with Crippen molar-refractivity contribution in [2.24, 2.45) is 4.99 Å². The molecule has 5 nitrogen and oxygen atoms in total. The minimum atomic E-state index is 0. The number of thiazole rings is 1. The van der Waals surface area contributed by atoms with Crippen LogP contribution in [0.1, 0.15) is 34.8 Å². The van der Waals surface area contributed by atoms with Gasteiger partial charge < -0.3 is 10.6 Å². The predicted molar refractivity (Wildman–Crippen MR) is 108 cm³/mol. The maximum absolute atomic E-state index is 4.48. The van der Waals surface area contributed by atoms with Crippen molar-refractivity contribution >= 4 is 41.3 Å². The Hall–Kier alpha value is -0.410. The molecule has 0 bridgehead atoms. The SMILES string of the molecule is CN=C(NCCc1sc(C)nc1C)NC1CCN(C2CC2)C1.I. The predicted octanol–water partition coefficient (Wildman–Crippen LogP) is 2.32. The van der Waals surface area contributed by atoms with Gasteiger partial charge in [0.2, 0.25) is 0 Å². The fourth-order valence-electron chi connectivity index (χ4n) is 3.16. The van der Waals surface area contributed by atoms with E-state index in [0.717, 1.165) is 30.0 Å². The van der Waals surface area contributed by atoms with Crippen molar-refractivity contribution in [1.29, 1.82) is 0 Å². The molecule has 1 atom stereocenters. The van der Waals surface area contributed by atoms with Crippen LogP contribution in [0.3, 0.4) is 0 Å². The van der Waals surface area contributed by atoms with Crippen LogP contribution in [-0.4, -0.2) is 54.6 Å². The maximum atomic E-state index is 4.48. The molecule has 3 rings (SSSR count). The van der Waals surface area contributed by atoms with E-state index in [1.165, 1.54) is 42.9 Å². The van der Waals surface area contributed by atoms with Crippen molar-refractivity contribution in [3.63, 3.8) is 0 Å². The van der Waals surface area contributed by atoms with Crippen LogP contribution in [-0.2, 0) is 6.42 Å². The highest BCUT2D eigenvalue weighted by molar-refractivity contribution is 14.0. The Labute approximate surface area is 160 Å². The van der Waals surface area contributed by atoms with Crippen molar-refractivity contribution in [2.75, 3.05) is 26.7 Å². The standard InChI is InChI=1S/C16H27N5S.HI/c1-11-15(22-12(2)19-11)6-8-18-16(17-3)20-13-7-9-21(10-13)14-4-5-14;/h13-14H,4-10H2,1-3H3,(H2,17,18,20);1H. The summed E-state index contributed by atoms with van der Waals surface area (Å²) in [5.41, 5.74) is 1.17. The monoisotopic (exact) mass is 449 g/mol. The smallest absolute Gasteiger partial charge is 0.191 e. The molecule has 2 fully saturated rings. The van der Waals surface area contributed by atoms with Gasteiger partial charge in [0.15, 0.2) is 5.96 Å². The average Bonchev–Trinajstić information content (AvgIpc) is 3.16. The number of aromatic nitrogens is 1. The van der Waals surface area contributed by atoms with E-state index in [0.29, 0.717) is 6.04 Å². The first-order valence-corrected chi connectivity index (χ1v) is 9.11. The molecule has 7 heteroatoms. The van der Waals surface area contributed by atoms with E-state index in [4.69, 9.17) is 0 Å². The summed E-state index contributed by atoms with van der Waals surface area (Å²) in [6.45, 7) is 7.47. The van der Waals surface area contributed by atoms with Crippen molar-refractivity contribution < 1.29 is 0 Å². The molecule has 1 aliphatic carbocycles. The lowest BCUT2D eigenvalue weighted by Gasteiger charge is -2.18. The lowest BCUT2D eigenvalue weighted by atomic mass is 10.2. The largest absolute Gasteiger partial charge is 0.356 e. The van der Waals surface area contributed by atoms with Crippen LogP contribution >= 0.6 is 35.3 Å². The first-order valence-electron chi connectivity index (χ1n) is 8.30. The minimum Gasteiger partial charge on any atom is -0.356 e. The van der Waals surface area contributed by atoms with Gasteiger partial charge in [0.05, 0.1) is 10.7 Å². The number of nitrogens with one attached hydrogen (secondary N) is 2. The summed E-state index contributed by atoms with van der Waals surface area (Å²) < 4.78 is 0. The van der Waals surface area contributed by atoms with E-state index in [9.17, 15) is 0 Å². The van der Waals surface area contributed by atoms with Crippen molar-refractivity contribution in [2.45, 2.75) is 51.6 Å². The molecule has 1 aromatic heterocycles. The molecular formula is C16H28IN5S. The maximum Gasteiger partial charge on any atom is 0.191 e. The van der Waals surface area contributed by atoms with Crippen molar-refractivity contribution in [1.82, 2.24) is 20.5 Å². The second-order valence-electron chi connectivity index (χ2n) is 6.35. The summed E-state index contributed by atoms with van der Waals surface area (Å²) in [6.07, 6.45) is 5.03. The molecule has 23 heavy (non-hydrogen) atoms. The van der Waals surface area contributed by atoms with Crippen LogP contribution in [0.4, 0.5) is 0 Å². The van der Waals surface area contributed by atoms with Crippen LogP contribution in [0.15, 0.2) is 4.99 Å². The van der Waals surface area contributed by atoms with Gasteiger partial charge in [-0.25, -0.2) is 4.98 Å². The van der Waals surface area contributed by atoms with Gasteiger partial charge in [0.1, 0.15) is 0 Å². The minimum absolute atomic E-state index is 0. The second-order valence-corrected chi connectivity index (χ2v) is 7.63. The molecule has 2 N–H and O–H groups in total. The summed E-state index contributed by atoms with van der Waals surface area (Å²) in [5, 5.41) is 8.16. The zero-order valence-electron chi connectivity index (χ0n) is 14.3. The van der Waals surface area contributed by atoms with E-state index in [1.54, 1.807) is 11.3 Å². The first-order chi connectivity index (χ1) is 10.7. The van der Waals surface area contributed by atoms with Gasteiger partial charge in [-0.3, -0.25) is 9.89 Å². The van der Waals surface area contributed by atoms with Crippen molar-refractivity contribution in [3.05, 3.63) is 15.6 Å². The third kappa shape index (κ3) is 5.29. The molecule has 1 saturated heterocycles. The molecule has 1 saturated carbocycles. The van der Waals surface area contributed by atoms with Gasteiger partial charge >= 0.3 is 0 Å². The third-order valence-electron chi connectivity index (χ3n) is 4.49. The molecule has 0 aromatic carbocycles. The Morgan fingerprint density at radius 1 is 1.35 bits per heavy atom. The Morgan fingerprint density at radius 3 is 2.74 bits per heavy atom. The Morgan fingerprint density at radius 2 is 2.13 bits per heavy atom. The summed E-state index contributed by atoms with van der Waals surface area (Å²) in [7, 11) is 1.85. The van der Waals surface area contributed by atoms with E-state index >= 15 is 0 Å². The topological polar surface area (TPSA) is 52.6 Å². The number of guanidine groups is 1. The number of likely N-dealkylation sites (tertiary alicyclic amines) is 1. The fourth-order valence-corrected chi connectivity index (χ4v) is 4.10. The Balaban J connectivity index is 0.00000192. The number of hydrogen-bond donors (Lipinski definition) is 2. The summed E-state index contributed by atoms with van der Waals surface area (Å²) in [4.78, 5) is 12.8. The highest BCUT2D eigenvalue weighted by Crippen LogP contribution is 2.29. The number of aryl methyl sites for hydroxylation is 2. The van der Waals surface area contributed by atoms with Gasteiger partial charge in [0.25, 0.3) is 0 Å². The number of hydrogen-bond acceptors (Lipinski definition) is 4. The van der Waals surface area contributed by atoms with Crippen LogP contribution in [0.25, 0.3) is 0 Å². The summed E-state index contributed by atoms with van der Waals surface area (Å²) >= 11 is 1.80. The fraction of sp³-hybridized carbons (Fsp3) is 0.750. The molecule has 130 valence electrons. The Bertz CT molecular complexity index is 541. The normalized spacial score (nSPS) is 22.0. The zero-order valence-corrected chi connectivity index (χ0v) is 17.4. The van der Waals surface area contributed by atoms with E-state index < -0.39 is 0 Å². The van der Waals surface area contributed by atoms with E-state index in [2.05, 4.69) is 39.4 Å². The number of halogens is 1. The highest BCUT2D eigenvalue weighted by Gasteiger charge is 2.34. The van der Waals surface area contributed by atoms with Gasteiger partial charge in [0, 0.05) is 50.1 Å². The van der Waals surface area contributed by atoms with Gasteiger partial charge in [-0.1, -0.05) is 0 Å². The van der Waals surface area contributed by atoms with Crippen LogP contribution in [0.5, 0.6) is 0 Å². The lowest BCUT2D eigenvalue weighted by Crippen LogP contribution is -2.45. The molecule has 0 radical (unpaired) electrons. The molecule has 1 aliphatic heterocycles. The summed E-state index contributed by atoms with van der Waals surface area (Å²) in [5.74, 6) is 0.932. The third-order valence-corrected chi connectivity index (χ3v) is 5.62. The number of nitrogens with zero attached hydrogens (tertiary/aromatic N) is 3. The van der Waals surface area contributed by atoms with Crippen LogP contribution in [0.2, 0.25) is 0 Å². The summed E-state index contributed by atoms with van der Waals surface area (Å²) in [6, 6.07) is 1.42. The second kappa shape index (κ2) is 8.62. The van der Waals surface area contributed by atoms with Crippen LogP contribution < -0.4 is 10.6 Å². The van der Waals surface area contributed by atoms with Gasteiger partial charge in [-0.05, 0) is 33.1 Å². The zero-order chi connectivity index (χ0) is 15.5. The van der Waals surface area contributed by atoms with Crippen molar-refractivity contribution in [3.8, 4) is 0 Å². The molecule has 1 unspecified atom stereocenters. The van der Waals surface area contributed by atoms with Crippen LogP contribution in [0, 0.1) is 13.8 Å². The molecule has 0 amide bonds. The average molecular weight is 449 g/mol. The molecule has 2 heterocycles. The van der Waals surface area contributed by atoms with Gasteiger partial charge in [-0.2, -0.15) is 0 Å². The highest BCUT2D eigenvalue weighted by atomic mass is 127. The van der Waals surface area contributed by atoms with E-state index in [1.807, 2.05) is 7.05 Å². The number of rotatable bonds is 5. The first kappa shape index (κ1) is 18.9. The lowest BCUT2D eigenvalue weighted by molar-refractivity contribution is 0.321. The molecule has 0 spiro atoms. The van der Waals surface area contributed by atoms with Gasteiger partial charge in [-0.15, -0.1) is 35.3 Å². The molecular weight excluding hydrogens is 421 g/mol. The molecule has 2 aliphatic rings.